The quantitative estimate of drug-likeness (QED) is 0.392. The predicted molar refractivity (Wildman–Crippen MR) is 74.7 cm³/mol. The lowest BCUT2D eigenvalue weighted by molar-refractivity contribution is -0.142. The zero-order chi connectivity index (χ0) is 15.7. The highest BCUT2D eigenvalue weighted by Crippen LogP contribution is 2.51. The number of rotatable bonds is 4. The molecule has 8 nitrogen and oxygen atoms in total. The fraction of sp³-hybridized carbons (Fsp3) is 0.500. The van der Waals surface area contributed by atoms with Crippen LogP contribution in [0.15, 0.2) is 23.3 Å². The van der Waals surface area contributed by atoms with Crippen molar-refractivity contribution < 1.29 is 24.1 Å². The minimum absolute atomic E-state index is 0.213. The standard InChI is InChI=1S/C14H15N3O5/c1-20-11(18)6-21-9-4-2-3-7-12-10(22-14(7)9)5-8(13(12)19)16-17-15/h2-4,8,10,12-13,19H,5-6H2,1H3. The Kier molecular flexibility index (Phi) is 3.79. The maximum absolute atomic E-state index is 11.2. The second-order valence-corrected chi connectivity index (χ2v) is 5.22. The minimum Gasteiger partial charge on any atom is -0.485 e. The molecule has 8 heteroatoms. The third kappa shape index (κ3) is 2.32. The number of esters is 1. The number of azide groups is 1. The molecule has 0 amide bonds. The molecule has 1 aliphatic carbocycles. The molecule has 4 atom stereocenters. The molecule has 4 unspecified atom stereocenters. The van der Waals surface area contributed by atoms with Crippen LogP contribution in [-0.4, -0.2) is 43.0 Å². The lowest BCUT2D eigenvalue weighted by atomic mass is 9.95. The van der Waals surface area contributed by atoms with Crippen molar-refractivity contribution >= 4 is 5.97 Å². The van der Waals surface area contributed by atoms with E-state index >= 15 is 0 Å². The van der Waals surface area contributed by atoms with Crippen LogP contribution in [0.2, 0.25) is 0 Å². The Hall–Kier alpha value is -2.44. The smallest absolute Gasteiger partial charge is 0.343 e. The molecule has 2 aliphatic rings. The molecule has 22 heavy (non-hydrogen) atoms. The van der Waals surface area contributed by atoms with E-state index in [1.54, 1.807) is 12.1 Å². The topological polar surface area (TPSA) is 114 Å². The molecule has 1 aliphatic heterocycles. The molecule has 1 aromatic carbocycles. The summed E-state index contributed by atoms with van der Waals surface area (Å²) in [5.41, 5.74) is 9.34. The van der Waals surface area contributed by atoms with E-state index in [0.29, 0.717) is 17.9 Å². The van der Waals surface area contributed by atoms with Crippen LogP contribution in [0.25, 0.3) is 10.4 Å². The van der Waals surface area contributed by atoms with E-state index in [9.17, 15) is 9.90 Å². The molecule has 3 rings (SSSR count). The van der Waals surface area contributed by atoms with Crippen LogP contribution in [0.4, 0.5) is 0 Å². The van der Waals surface area contributed by atoms with Crippen molar-refractivity contribution in [3.8, 4) is 11.5 Å². The van der Waals surface area contributed by atoms with Crippen molar-refractivity contribution in [2.75, 3.05) is 13.7 Å². The summed E-state index contributed by atoms with van der Waals surface area (Å²) in [5.74, 6) is 0.219. The summed E-state index contributed by atoms with van der Waals surface area (Å²) >= 11 is 0. The highest BCUT2D eigenvalue weighted by atomic mass is 16.6. The number of hydrogen-bond donors (Lipinski definition) is 1. The Bertz CT molecular complexity index is 643. The van der Waals surface area contributed by atoms with Crippen molar-refractivity contribution in [3.63, 3.8) is 0 Å². The van der Waals surface area contributed by atoms with Crippen LogP contribution < -0.4 is 9.47 Å². The second-order valence-electron chi connectivity index (χ2n) is 5.22. The lowest BCUT2D eigenvalue weighted by Crippen LogP contribution is -2.22. The van der Waals surface area contributed by atoms with Gasteiger partial charge in [-0.25, -0.2) is 4.79 Å². The van der Waals surface area contributed by atoms with E-state index in [4.69, 9.17) is 15.0 Å². The number of para-hydroxylation sites is 1. The molecule has 0 bridgehead atoms. The Morgan fingerprint density at radius 2 is 2.41 bits per heavy atom. The Balaban J connectivity index is 1.84. The largest absolute Gasteiger partial charge is 0.485 e. The van der Waals surface area contributed by atoms with E-state index in [1.807, 2.05) is 6.07 Å². The number of carbonyl (C=O) groups is 1. The monoisotopic (exact) mass is 305 g/mol. The van der Waals surface area contributed by atoms with E-state index in [0.717, 1.165) is 5.56 Å². The summed E-state index contributed by atoms with van der Waals surface area (Å²) in [6.45, 7) is -0.213. The van der Waals surface area contributed by atoms with Gasteiger partial charge in [-0.15, -0.1) is 0 Å². The molecule has 116 valence electrons. The number of methoxy groups -OCH3 is 1. The first kappa shape index (κ1) is 14.5. The van der Waals surface area contributed by atoms with Gasteiger partial charge in [-0.2, -0.15) is 0 Å². The lowest BCUT2D eigenvalue weighted by Gasteiger charge is -2.15. The first-order chi connectivity index (χ1) is 10.7. The maximum atomic E-state index is 11.2. The molecule has 0 spiro atoms. The van der Waals surface area contributed by atoms with Crippen molar-refractivity contribution in [2.45, 2.75) is 30.6 Å². The number of hydrogen-bond acceptors (Lipinski definition) is 6. The predicted octanol–water partition coefficient (Wildman–Crippen LogP) is 1.53. The Labute approximate surface area is 126 Å². The third-order valence-electron chi connectivity index (χ3n) is 4.05. The van der Waals surface area contributed by atoms with Crippen molar-refractivity contribution in [2.24, 2.45) is 5.11 Å². The summed E-state index contributed by atoms with van der Waals surface area (Å²) in [6, 6.07) is 4.81. The van der Waals surface area contributed by atoms with E-state index in [-0.39, 0.29) is 18.6 Å². The number of benzene rings is 1. The number of aliphatic hydroxyl groups is 1. The zero-order valence-electron chi connectivity index (χ0n) is 11.9. The third-order valence-corrected chi connectivity index (χ3v) is 4.05. The molecule has 0 radical (unpaired) electrons. The summed E-state index contributed by atoms with van der Waals surface area (Å²) in [7, 11) is 1.29. The van der Waals surface area contributed by atoms with Crippen molar-refractivity contribution in [1.82, 2.24) is 0 Å². The zero-order valence-corrected chi connectivity index (χ0v) is 11.9. The molecule has 1 aromatic rings. The molecule has 0 saturated heterocycles. The van der Waals surface area contributed by atoms with Gasteiger partial charge in [0.2, 0.25) is 0 Å². The summed E-state index contributed by atoms with van der Waals surface area (Å²) in [4.78, 5) is 13.9. The number of fused-ring (bicyclic) bond motifs is 3. The van der Waals surface area contributed by atoms with Crippen LogP contribution in [0, 0.1) is 0 Å². The van der Waals surface area contributed by atoms with Crippen LogP contribution in [-0.2, 0) is 9.53 Å². The number of carbonyl (C=O) groups excluding carboxylic acids is 1. The molecular formula is C14H15N3O5. The van der Waals surface area contributed by atoms with E-state index in [2.05, 4.69) is 14.8 Å². The Morgan fingerprint density at radius 1 is 1.59 bits per heavy atom. The first-order valence-electron chi connectivity index (χ1n) is 6.87. The molecule has 1 fully saturated rings. The van der Waals surface area contributed by atoms with Gasteiger partial charge in [0.25, 0.3) is 0 Å². The van der Waals surface area contributed by atoms with Crippen LogP contribution in [0.5, 0.6) is 11.5 Å². The maximum Gasteiger partial charge on any atom is 0.343 e. The van der Waals surface area contributed by atoms with Gasteiger partial charge in [-0.3, -0.25) is 0 Å². The van der Waals surface area contributed by atoms with Gasteiger partial charge in [-0.1, -0.05) is 17.2 Å². The van der Waals surface area contributed by atoms with E-state index in [1.165, 1.54) is 7.11 Å². The normalized spacial score (nSPS) is 28.1. The van der Waals surface area contributed by atoms with E-state index < -0.39 is 18.1 Å². The molecular weight excluding hydrogens is 290 g/mol. The summed E-state index contributed by atoms with van der Waals surface area (Å²) in [6.07, 6.45) is -0.609. The van der Waals surface area contributed by atoms with Gasteiger partial charge in [-0.05, 0) is 18.0 Å². The molecule has 1 heterocycles. The van der Waals surface area contributed by atoms with Gasteiger partial charge >= 0.3 is 5.97 Å². The number of aliphatic hydroxyl groups excluding tert-OH is 1. The highest BCUT2D eigenvalue weighted by molar-refractivity contribution is 5.71. The minimum atomic E-state index is -0.794. The van der Waals surface area contributed by atoms with Crippen LogP contribution in [0.1, 0.15) is 17.9 Å². The molecule has 0 aromatic heterocycles. The number of ether oxygens (including phenoxy) is 3. The van der Waals surface area contributed by atoms with Crippen molar-refractivity contribution in [1.29, 1.82) is 0 Å². The number of nitrogens with zero attached hydrogens (tertiary/aromatic N) is 3. The van der Waals surface area contributed by atoms with Crippen LogP contribution in [0.3, 0.4) is 0 Å². The molecule has 1 N–H and O–H groups in total. The van der Waals surface area contributed by atoms with Crippen molar-refractivity contribution in [3.05, 3.63) is 34.2 Å². The van der Waals surface area contributed by atoms with Gasteiger partial charge in [0.05, 0.1) is 25.2 Å². The fourth-order valence-corrected chi connectivity index (χ4v) is 3.05. The molecule has 1 saturated carbocycles. The summed E-state index contributed by atoms with van der Waals surface area (Å²) < 4.78 is 15.8. The van der Waals surface area contributed by atoms with Gasteiger partial charge in [0, 0.05) is 10.5 Å². The van der Waals surface area contributed by atoms with Crippen LogP contribution >= 0.6 is 0 Å². The highest BCUT2D eigenvalue weighted by Gasteiger charge is 2.50. The average molecular weight is 305 g/mol. The van der Waals surface area contributed by atoms with Gasteiger partial charge < -0.3 is 19.3 Å². The average Bonchev–Trinajstić information content (AvgIpc) is 3.03. The summed E-state index contributed by atoms with van der Waals surface area (Å²) in [5, 5.41) is 13.9. The SMILES string of the molecule is COC(=O)COc1cccc2c1OC1CC(N=[N+]=[N-])C(O)C21. The Morgan fingerprint density at radius 3 is 3.14 bits per heavy atom. The fourth-order valence-electron chi connectivity index (χ4n) is 3.05. The van der Waals surface area contributed by atoms with Gasteiger partial charge in [0.1, 0.15) is 6.10 Å². The second kappa shape index (κ2) is 5.75. The first-order valence-corrected chi connectivity index (χ1v) is 6.87. The van der Waals surface area contributed by atoms with Gasteiger partial charge in [0.15, 0.2) is 18.1 Å².